The monoisotopic (exact) mass is 411 g/mol. The molecular weight excluding hydrogens is 389 g/mol. The number of aliphatic imine (C=N–C) groups is 1. The van der Waals surface area contributed by atoms with E-state index in [4.69, 9.17) is 4.52 Å². The van der Waals surface area contributed by atoms with E-state index in [1.807, 2.05) is 11.8 Å². The van der Waals surface area contributed by atoms with Gasteiger partial charge in [0.2, 0.25) is 5.89 Å². The van der Waals surface area contributed by atoms with Crippen molar-refractivity contribution in [3.63, 3.8) is 0 Å². The number of aryl methyl sites for hydroxylation is 1. The molecule has 0 bridgehead atoms. The maximum atomic E-state index is 4.92. The summed E-state index contributed by atoms with van der Waals surface area (Å²) in [6.07, 6.45) is 2.56. The molecule has 0 aromatic carbocycles. The number of nitrogens with one attached hydrogen (secondary N) is 2. The predicted octanol–water partition coefficient (Wildman–Crippen LogP) is 1.95. The number of nitrogens with zero attached hydrogens (tertiary/aromatic N) is 3. The third kappa shape index (κ3) is 5.12. The lowest BCUT2D eigenvalue weighted by atomic mass is 10.1. The van der Waals surface area contributed by atoms with E-state index in [0.29, 0.717) is 23.0 Å². The van der Waals surface area contributed by atoms with E-state index in [1.54, 1.807) is 14.0 Å². The number of halogens is 1. The van der Waals surface area contributed by atoms with Crippen molar-refractivity contribution >= 4 is 41.7 Å². The molecule has 0 saturated carbocycles. The molecule has 0 radical (unpaired) electrons. The molecule has 6 nitrogen and oxygen atoms in total. The third-order valence-electron chi connectivity index (χ3n) is 3.14. The number of thioether (sulfide) groups is 1. The van der Waals surface area contributed by atoms with Crippen LogP contribution in [0.3, 0.4) is 0 Å². The molecule has 1 unspecified atom stereocenters. The predicted molar refractivity (Wildman–Crippen MR) is 92.7 cm³/mol. The van der Waals surface area contributed by atoms with Gasteiger partial charge in [-0.05, 0) is 25.5 Å². The van der Waals surface area contributed by atoms with E-state index in [1.165, 1.54) is 18.6 Å². The molecule has 1 aromatic rings. The lowest BCUT2D eigenvalue weighted by Gasteiger charge is -2.24. The summed E-state index contributed by atoms with van der Waals surface area (Å²) < 4.78 is 5.24. The highest BCUT2D eigenvalue weighted by atomic mass is 127. The molecule has 2 heterocycles. The van der Waals surface area contributed by atoms with Crippen LogP contribution in [0.1, 0.15) is 31.5 Å². The molecule has 20 heavy (non-hydrogen) atoms. The van der Waals surface area contributed by atoms with Gasteiger partial charge in [-0.15, -0.1) is 24.0 Å². The fourth-order valence-electron chi connectivity index (χ4n) is 2.04. The molecule has 0 amide bonds. The van der Waals surface area contributed by atoms with Gasteiger partial charge >= 0.3 is 0 Å². The van der Waals surface area contributed by atoms with Crippen LogP contribution in [0, 0.1) is 6.92 Å². The highest BCUT2D eigenvalue weighted by Gasteiger charge is 2.29. The van der Waals surface area contributed by atoms with Crippen LogP contribution in [0.15, 0.2) is 9.52 Å². The first-order valence-corrected chi connectivity index (χ1v) is 7.47. The van der Waals surface area contributed by atoms with Crippen molar-refractivity contribution in [1.29, 1.82) is 0 Å². The number of rotatable bonds is 4. The minimum Gasteiger partial charge on any atom is -0.355 e. The number of hydrogen-bond acceptors (Lipinski definition) is 5. The molecule has 2 rings (SSSR count). The SMILES string of the molecule is CN=C(NCc1noc(C)n1)NCC1(C)CCCS1.I. The van der Waals surface area contributed by atoms with Crippen LogP contribution in [0.25, 0.3) is 0 Å². The van der Waals surface area contributed by atoms with Crippen molar-refractivity contribution < 1.29 is 4.52 Å². The molecular formula is C12H22IN5OS. The Kier molecular flexibility index (Phi) is 7.07. The zero-order chi connectivity index (χ0) is 13.7. The van der Waals surface area contributed by atoms with Gasteiger partial charge in [0.05, 0.1) is 6.54 Å². The first-order chi connectivity index (χ1) is 9.11. The van der Waals surface area contributed by atoms with Crippen molar-refractivity contribution in [3.8, 4) is 0 Å². The van der Waals surface area contributed by atoms with Crippen molar-refractivity contribution in [3.05, 3.63) is 11.7 Å². The van der Waals surface area contributed by atoms with Crippen LogP contribution in [0.5, 0.6) is 0 Å². The van der Waals surface area contributed by atoms with Crippen LogP contribution in [0.4, 0.5) is 0 Å². The van der Waals surface area contributed by atoms with Gasteiger partial charge in [0.25, 0.3) is 0 Å². The molecule has 1 fully saturated rings. The number of guanidine groups is 1. The van der Waals surface area contributed by atoms with E-state index in [2.05, 4.69) is 32.7 Å². The van der Waals surface area contributed by atoms with Gasteiger partial charge < -0.3 is 15.2 Å². The molecule has 0 aliphatic carbocycles. The standard InChI is InChI=1S/C12H21N5OS.HI/c1-9-16-10(17-18-9)7-14-11(13-3)15-8-12(2)5-4-6-19-12;/h4-8H2,1-3H3,(H2,13,14,15);1H. The Hall–Kier alpha value is -0.510. The van der Waals surface area contributed by atoms with Crippen molar-refractivity contribution in [2.45, 2.75) is 38.0 Å². The van der Waals surface area contributed by atoms with E-state index in [0.717, 1.165) is 12.5 Å². The first kappa shape index (κ1) is 17.5. The van der Waals surface area contributed by atoms with Crippen LogP contribution < -0.4 is 10.6 Å². The fourth-order valence-corrected chi connectivity index (χ4v) is 3.29. The normalized spacial score (nSPS) is 22.4. The minimum atomic E-state index is 0. The third-order valence-corrected chi connectivity index (χ3v) is 4.68. The molecule has 1 aliphatic rings. The molecule has 1 aromatic heterocycles. The number of aromatic nitrogens is 2. The summed E-state index contributed by atoms with van der Waals surface area (Å²) in [7, 11) is 1.76. The Morgan fingerprint density at radius 2 is 2.30 bits per heavy atom. The molecule has 2 N–H and O–H groups in total. The Labute approximate surface area is 141 Å². The maximum absolute atomic E-state index is 4.92. The molecule has 1 atom stereocenters. The maximum Gasteiger partial charge on any atom is 0.223 e. The highest BCUT2D eigenvalue weighted by molar-refractivity contribution is 14.0. The topological polar surface area (TPSA) is 75.3 Å². The van der Waals surface area contributed by atoms with Crippen LogP contribution in [0.2, 0.25) is 0 Å². The Morgan fingerprint density at radius 1 is 1.50 bits per heavy atom. The zero-order valence-corrected chi connectivity index (χ0v) is 15.2. The summed E-state index contributed by atoms with van der Waals surface area (Å²) >= 11 is 2.03. The van der Waals surface area contributed by atoms with Gasteiger partial charge in [0.15, 0.2) is 11.8 Å². The summed E-state index contributed by atoms with van der Waals surface area (Å²) in [6, 6.07) is 0. The highest BCUT2D eigenvalue weighted by Crippen LogP contribution is 2.36. The van der Waals surface area contributed by atoms with Crippen molar-refractivity contribution in [2.24, 2.45) is 4.99 Å². The summed E-state index contributed by atoms with van der Waals surface area (Å²) in [5, 5.41) is 10.4. The van der Waals surface area contributed by atoms with Gasteiger partial charge in [-0.25, -0.2) is 0 Å². The van der Waals surface area contributed by atoms with Gasteiger partial charge in [0, 0.05) is 25.3 Å². The summed E-state index contributed by atoms with van der Waals surface area (Å²) in [6.45, 7) is 5.51. The van der Waals surface area contributed by atoms with E-state index < -0.39 is 0 Å². The molecule has 1 aliphatic heterocycles. The second-order valence-corrected chi connectivity index (χ2v) is 6.59. The average molecular weight is 411 g/mol. The quantitative estimate of drug-likeness (QED) is 0.448. The molecule has 8 heteroatoms. The summed E-state index contributed by atoms with van der Waals surface area (Å²) in [5.74, 6) is 3.25. The largest absolute Gasteiger partial charge is 0.355 e. The zero-order valence-electron chi connectivity index (χ0n) is 12.1. The van der Waals surface area contributed by atoms with Crippen molar-refractivity contribution in [1.82, 2.24) is 20.8 Å². The van der Waals surface area contributed by atoms with Gasteiger partial charge in [-0.2, -0.15) is 16.7 Å². The summed E-state index contributed by atoms with van der Waals surface area (Å²) in [5.41, 5.74) is 0. The minimum absolute atomic E-state index is 0. The van der Waals surface area contributed by atoms with Gasteiger partial charge in [-0.1, -0.05) is 5.16 Å². The Bertz CT molecular complexity index is 445. The lowest BCUT2D eigenvalue weighted by Crippen LogP contribution is -2.43. The van der Waals surface area contributed by atoms with E-state index >= 15 is 0 Å². The average Bonchev–Trinajstić information content (AvgIpc) is 2.99. The Morgan fingerprint density at radius 3 is 2.85 bits per heavy atom. The van der Waals surface area contributed by atoms with Crippen molar-refractivity contribution in [2.75, 3.05) is 19.3 Å². The van der Waals surface area contributed by atoms with Crippen LogP contribution in [-0.4, -0.2) is 40.2 Å². The van der Waals surface area contributed by atoms with Gasteiger partial charge in [0.1, 0.15) is 0 Å². The number of hydrogen-bond donors (Lipinski definition) is 2. The van der Waals surface area contributed by atoms with Crippen LogP contribution >= 0.6 is 35.7 Å². The van der Waals surface area contributed by atoms with E-state index in [-0.39, 0.29) is 24.0 Å². The molecule has 1 saturated heterocycles. The second kappa shape index (κ2) is 8.06. The summed E-state index contributed by atoms with van der Waals surface area (Å²) in [4.78, 5) is 8.34. The second-order valence-electron chi connectivity index (χ2n) is 4.91. The lowest BCUT2D eigenvalue weighted by molar-refractivity contribution is 0.386. The molecule has 0 spiro atoms. The Balaban J connectivity index is 0.00000200. The van der Waals surface area contributed by atoms with E-state index in [9.17, 15) is 0 Å². The van der Waals surface area contributed by atoms with Crippen LogP contribution in [-0.2, 0) is 6.54 Å². The smallest absolute Gasteiger partial charge is 0.223 e. The van der Waals surface area contributed by atoms with Gasteiger partial charge in [-0.3, -0.25) is 4.99 Å². The first-order valence-electron chi connectivity index (χ1n) is 6.49. The fraction of sp³-hybridized carbons (Fsp3) is 0.750. The molecule has 114 valence electrons.